The average Bonchev–Trinajstić information content (AvgIpc) is 2.41. The van der Waals surface area contributed by atoms with Gasteiger partial charge in [0.15, 0.2) is 0 Å². The van der Waals surface area contributed by atoms with Gasteiger partial charge in [0.05, 0.1) is 11.4 Å². The minimum atomic E-state index is 0.578. The Bertz CT molecular complexity index is 381. The molecule has 1 aliphatic rings. The van der Waals surface area contributed by atoms with Crippen LogP contribution in [0.5, 0.6) is 0 Å². The minimum Gasteiger partial charge on any atom is -0.397 e. The van der Waals surface area contributed by atoms with E-state index < -0.39 is 0 Å². The van der Waals surface area contributed by atoms with Crippen molar-refractivity contribution < 1.29 is 0 Å². The molecule has 0 bridgehead atoms. The van der Waals surface area contributed by atoms with Gasteiger partial charge >= 0.3 is 0 Å². The molecule has 1 aliphatic carbocycles. The van der Waals surface area contributed by atoms with Crippen LogP contribution in [0.4, 0.5) is 11.4 Å². The molecular weight excluding hydrogens is 220 g/mol. The normalized spacial score (nSPS) is 18.6. The fraction of sp³-hybridized carbons (Fsp3) is 0.625. The summed E-state index contributed by atoms with van der Waals surface area (Å²) < 4.78 is 0. The lowest BCUT2D eigenvalue weighted by Gasteiger charge is -2.31. The molecule has 1 aromatic rings. The lowest BCUT2D eigenvalue weighted by molar-refractivity contribution is 0.313. The van der Waals surface area contributed by atoms with E-state index in [0.717, 1.165) is 17.3 Å². The summed E-state index contributed by atoms with van der Waals surface area (Å²) in [5.74, 6) is 0.823. The SMILES string of the molecule is CCC(Nc1cc(C)ccc1N)C1CCCCC1. The molecular formula is C16H26N2. The van der Waals surface area contributed by atoms with Crippen molar-refractivity contribution in [3.05, 3.63) is 23.8 Å². The molecule has 18 heavy (non-hydrogen) atoms. The Hall–Kier alpha value is -1.18. The van der Waals surface area contributed by atoms with Crippen LogP contribution in [0.15, 0.2) is 18.2 Å². The quantitative estimate of drug-likeness (QED) is 0.775. The zero-order valence-corrected chi connectivity index (χ0v) is 11.7. The number of anilines is 2. The average molecular weight is 246 g/mol. The third-order valence-electron chi connectivity index (χ3n) is 4.21. The monoisotopic (exact) mass is 246 g/mol. The van der Waals surface area contributed by atoms with Crippen LogP contribution in [0, 0.1) is 12.8 Å². The molecule has 0 aromatic heterocycles. The Morgan fingerprint density at radius 1 is 1.28 bits per heavy atom. The van der Waals surface area contributed by atoms with Gasteiger partial charge in [-0.2, -0.15) is 0 Å². The molecule has 3 N–H and O–H groups in total. The Kier molecular flexibility index (Phi) is 4.51. The highest BCUT2D eigenvalue weighted by Crippen LogP contribution is 2.31. The van der Waals surface area contributed by atoms with E-state index in [9.17, 15) is 0 Å². The summed E-state index contributed by atoms with van der Waals surface area (Å²) in [7, 11) is 0. The van der Waals surface area contributed by atoms with Gasteiger partial charge in [-0.25, -0.2) is 0 Å². The van der Waals surface area contributed by atoms with Gasteiger partial charge in [-0.1, -0.05) is 32.3 Å². The van der Waals surface area contributed by atoms with Crippen molar-refractivity contribution in [1.29, 1.82) is 0 Å². The van der Waals surface area contributed by atoms with Gasteiger partial charge in [-0.05, 0) is 49.8 Å². The molecule has 0 heterocycles. The highest BCUT2D eigenvalue weighted by molar-refractivity contribution is 5.67. The second-order valence-corrected chi connectivity index (χ2v) is 5.65. The molecule has 0 amide bonds. The number of nitrogens with one attached hydrogen (secondary N) is 1. The lowest BCUT2D eigenvalue weighted by Crippen LogP contribution is -2.30. The van der Waals surface area contributed by atoms with Crippen molar-refractivity contribution in [2.24, 2.45) is 5.92 Å². The van der Waals surface area contributed by atoms with Gasteiger partial charge < -0.3 is 11.1 Å². The van der Waals surface area contributed by atoms with E-state index >= 15 is 0 Å². The van der Waals surface area contributed by atoms with Crippen LogP contribution >= 0.6 is 0 Å². The molecule has 2 rings (SSSR count). The van der Waals surface area contributed by atoms with Crippen LogP contribution < -0.4 is 11.1 Å². The van der Waals surface area contributed by atoms with Crippen LogP contribution in [-0.2, 0) is 0 Å². The minimum absolute atomic E-state index is 0.578. The molecule has 0 saturated heterocycles. The number of aryl methyl sites for hydroxylation is 1. The molecule has 1 saturated carbocycles. The van der Waals surface area contributed by atoms with Gasteiger partial charge in [0.1, 0.15) is 0 Å². The third kappa shape index (κ3) is 3.18. The standard InChI is InChI=1S/C16H26N2/c1-3-15(13-7-5-4-6-8-13)18-16-11-12(2)9-10-14(16)17/h9-11,13,15,18H,3-8,17H2,1-2H3. The van der Waals surface area contributed by atoms with E-state index in [1.165, 1.54) is 44.1 Å². The van der Waals surface area contributed by atoms with Crippen LogP contribution in [-0.4, -0.2) is 6.04 Å². The van der Waals surface area contributed by atoms with Crippen LogP contribution in [0.1, 0.15) is 51.0 Å². The fourth-order valence-electron chi connectivity index (χ4n) is 3.08. The van der Waals surface area contributed by atoms with Gasteiger partial charge in [0.2, 0.25) is 0 Å². The molecule has 2 nitrogen and oxygen atoms in total. The summed E-state index contributed by atoms with van der Waals surface area (Å²) in [6, 6.07) is 6.82. The van der Waals surface area contributed by atoms with Crippen molar-refractivity contribution in [3.63, 3.8) is 0 Å². The second kappa shape index (κ2) is 6.12. The van der Waals surface area contributed by atoms with Gasteiger partial charge in [-0.15, -0.1) is 0 Å². The first-order valence-corrected chi connectivity index (χ1v) is 7.33. The van der Waals surface area contributed by atoms with E-state index in [-0.39, 0.29) is 0 Å². The van der Waals surface area contributed by atoms with Crippen molar-refractivity contribution in [1.82, 2.24) is 0 Å². The zero-order valence-electron chi connectivity index (χ0n) is 11.7. The van der Waals surface area contributed by atoms with Crippen molar-refractivity contribution in [3.8, 4) is 0 Å². The largest absolute Gasteiger partial charge is 0.397 e. The molecule has 2 heteroatoms. The first kappa shape index (κ1) is 13.3. The number of benzene rings is 1. The van der Waals surface area contributed by atoms with Gasteiger partial charge in [0.25, 0.3) is 0 Å². The highest BCUT2D eigenvalue weighted by atomic mass is 14.9. The summed E-state index contributed by atoms with van der Waals surface area (Å²) in [5.41, 5.74) is 9.32. The van der Waals surface area contributed by atoms with Gasteiger partial charge in [-0.3, -0.25) is 0 Å². The number of hydrogen-bond donors (Lipinski definition) is 2. The van der Waals surface area contributed by atoms with Crippen LogP contribution in [0.25, 0.3) is 0 Å². The number of hydrogen-bond acceptors (Lipinski definition) is 2. The maximum atomic E-state index is 6.06. The molecule has 1 aromatic carbocycles. The lowest BCUT2D eigenvalue weighted by atomic mass is 9.83. The van der Waals surface area contributed by atoms with E-state index in [2.05, 4.69) is 31.3 Å². The van der Waals surface area contributed by atoms with Gasteiger partial charge in [0, 0.05) is 6.04 Å². The molecule has 0 radical (unpaired) electrons. The fourth-order valence-corrected chi connectivity index (χ4v) is 3.08. The molecule has 0 spiro atoms. The topological polar surface area (TPSA) is 38.0 Å². The van der Waals surface area contributed by atoms with Crippen LogP contribution in [0.3, 0.4) is 0 Å². The summed E-state index contributed by atoms with van der Waals surface area (Å²) >= 11 is 0. The first-order valence-electron chi connectivity index (χ1n) is 7.33. The van der Waals surface area contributed by atoms with Crippen molar-refractivity contribution in [2.75, 3.05) is 11.1 Å². The Morgan fingerprint density at radius 2 is 2.00 bits per heavy atom. The predicted molar refractivity (Wildman–Crippen MR) is 79.9 cm³/mol. The zero-order chi connectivity index (χ0) is 13.0. The Morgan fingerprint density at radius 3 is 2.67 bits per heavy atom. The molecule has 1 unspecified atom stereocenters. The maximum Gasteiger partial charge on any atom is 0.0578 e. The summed E-state index contributed by atoms with van der Waals surface area (Å²) in [6.07, 6.45) is 8.13. The third-order valence-corrected chi connectivity index (χ3v) is 4.21. The van der Waals surface area contributed by atoms with Crippen LogP contribution in [0.2, 0.25) is 0 Å². The second-order valence-electron chi connectivity index (χ2n) is 5.65. The number of nitrogen functional groups attached to an aromatic ring is 1. The molecule has 0 aliphatic heterocycles. The van der Waals surface area contributed by atoms with Crippen molar-refractivity contribution >= 4 is 11.4 Å². The maximum absolute atomic E-state index is 6.06. The number of nitrogens with two attached hydrogens (primary N) is 1. The molecule has 100 valence electrons. The van der Waals surface area contributed by atoms with E-state index in [0.29, 0.717) is 6.04 Å². The Balaban J connectivity index is 2.06. The molecule has 1 fully saturated rings. The summed E-state index contributed by atoms with van der Waals surface area (Å²) in [4.78, 5) is 0. The van der Waals surface area contributed by atoms with E-state index in [4.69, 9.17) is 5.73 Å². The summed E-state index contributed by atoms with van der Waals surface area (Å²) in [5, 5.41) is 3.68. The summed E-state index contributed by atoms with van der Waals surface area (Å²) in [6.45, 7) is 4.39. The molecule has 1 atom stereocenters. The first-order chi connectivity index (χ1) is 8.70. The Labute approximate surface area is 111 Å². The van der Waals surface area contributed by atoms with E-state index in [1.807, 2.05) is 6.07 Å². The predicted octanol–water partition coefficient (Wildman–Crippen LogP) is 4.35. The highest BCUT2D eigenvalue weighted by Gasteiger charge is 2.22. The smallest absolute Gasteiger partial charge is 0.0578 e. The number of rotatable bonds is 4. The van der Waals surface area contributed by atoms with Crippen molar-refractivity contribution in [2.45, 2.75) is 58.4 Å². The van der Waals surface area contributed by atoms with E-state index in [1.54, 1.807) is 0 Å².